The van der Waals surface area contributed by atoms with Crippen LogP contribution in [0.4, 0.5) is 0 Å². The molecule has 2 heteroatoms. The number of esters is 1. The first-order chi connectivity index (χ1) is 5.36. The first kappa shape index (κ1) is 6.89. The molecule has 0 aromatic rings. The Hall–Kier alpha value is -0.790. The van der Waals surface area contributed by atoms with Gasteiger partial charge in [-0.1, -0.05) is 12.5 Å². The van der Waals surface area contributed by atoms with E-state index in [1.807, 2.05) is 6.08 Å². The minimum Gasteiger partial charge on any atom is -0.459 e. The molecular formula is C9H12O2. The highest BCUT2D eigenvalue weighted by molar-refractivity contribution is 5.82. The Kier molecular flexibility index (Phi) is 1.68. The number of carbonyl (C=O) groups excluding carboxylic acids is 1. The van der Waals surface area contributed by atoms with Crippen LogP contribution in [0.1, 0.15) is 25.7 Å². The molecule has 0 spiro atoms. The van der Waals surface area contributed by atoms with Gasteiger partial charge in [-0.2, -0.15) is 0 Å². The van der Waals surface area contributed by atoms with Crippen LogP contribution in [0.15, 0.2) is 12.2 Å². The maximum atomic E-state index is 10.8. The third kappa shape index (κ3) is 1.30. The Morgan fingerprint density at radius 3 is 3.09 bits per heavy atom. The van der Waals surface area contributed by atoms with Gasteiger partial charge in [-0.3, -0.25) is 0 Å². The van der Waals surface area contributed by atoms with Crippen molar-refractivity contribution in [1.29, 1.82) is 0 Å². The van der Waals surface area contributed by atoms with E-state index in [9.17, 15) is 4.79 Å². The van der Waals surface area contributed by atoms with E-state index < -0.39 is 0 Å². The van der Waals surface area contributed by atoms with E-state index in [1.165, 1.54) is 19.3 Å². The number of ether oxygens (including phenoxy) is 1. The van der Waals surface area contributed by atoms with E-state index in [0.29, 0.717) is 5.92 Å². The Morgan fingerprint density at radius 2 is 2.18 bits per heavy atom. The van der Waals surface area contributed by atoms with Crippen molar-refractivity contribution in [1.82, 2.24) is 0 Å². The van der Waals surface area contributed by atoms with Gasteiger partial charge in [-0.15, -0.1) is 0 Å². The molecule has 1 aliphatic carbocycles. The number of hydrogen-bond donors (Lipinski definition) is 0. The van der Waals surface area contributed by atoms with E-state index >= 15 is 0 Å². The molecule has 0 amide bonds. The van der Waals surface area contributed by atoms with Crippen LogP contribution in [0.25, 0.3) is 0 Å². The predicted octanol–water partition coefficient (Wildman–Crippen LogP) is 1.66. The summed E-state index contributed by atoms with van der Waals surface area (Å²) in [5.74, 6) is 0.356. The molecule has 2 aliphatic rings. The number of fused-ring (bicyclic) bond motifs is 1. The van der Waals surface area contributed by atoms with Gasteiger partial charge in [0.2, 0.25) is 0 Å². The Labute approximate surface area is 66.2 Å². The number of hydrogen-bond acceptors (Lipinski definition) is 2. The topological polar surface area (TPSA) is 26.3 Å². The quantitative estimate of drug-likeness (QED) is 0.493. The zero-order valence-electron chi connectivity index (χ0n) is 6.45. The Balaban J connectivity index is 2.10. The Morgan fingerprint density at radius 1 is 1.36 bits per heavy atom. The molecule has 1 heterocycles. The summed E-state index contributed by atoms with van der Waals surface area (Å²) < 4.78 is 5.16. The summed E-state index contributed by atoms with van der Waals surface area (Å²) in [5, 5.41) is 0. The number of carbonyl (C=O) groups is 1. The van der Waals surface area contributed by atoms with Crippen LogP contribution in [0.2, 0.25) is 0 Å². The van der Waals surface area contributed by atoms with Crippen molar-refractivity contribution in [3.8, 4) is 0 Å². The lowest BCUT2D eigenvalue weighted by molar-refractivity contribution is -0.148. The normalized spacial score (nSPS) is 36.2. The average Bonchev–Trinajstić information content (AvgIpc) is 2.04. The first-order valence-corrected chi connectivity index (χ1v) is 4.25. The van der Waals surface area contributed by atoms with Gasteiger partial charge in [0.15, 0.2) is 0 Å². The van der Waals surface area contributed by atoms with Gasteiger partial charge >= 0.3 is 5.97 Å². The lowest BCUT2D eigenvalue weighted by Gasteiger charge is -2.31. The zero-order chi connectivity index (χ0) is 7.68. The van der Waals surface area contributed by atoms with Gasteiger partial charge in [0, 0.05) is 12.0 Å². The second kappa shape index (κ2) is 2.68. The van der Waals surface area contributed by atoms with Gasteiger partial charge < -0.3 is 4.74 Å². The second-order valence-electron chi connectivity index (χ2n) is 3.28. The van der Waals surface area contributed by atoms with E-state index in [0.717, 1.165) is 6.42 Å². The van der Waals surface area contributed by atoms with Crippen LogP contribution in [0.5, 0.6) is 0 Å². The fourth-order valence-corrected chi connectivity index (χ4v) is 1.88. The molecule has 0 N–H and O–H groups in total. The van der Waals surface area contributed by atoms with Crippen molar-refractivity contribution in [3.63, 3.8) is 0 Å². The molecule has 0 bridgehead atoms. The highest BCUT2D eigenvalue weighted by atomic mass is 16.5. The number of rotatable bonds is 0. The van der Waals surface area contributed by atoms with E-state index in [2.05, 4.69) is 0 Å². The molecule has 2 atom stereocenters. The summed E-state index contributed by atoms with van der Waals surface area (Å²) in [6.45, 7) is 0. The Bertz CT molecular complexity index is 196. The summed E-state index contributed by atoms with van der Waals surface area (Å²) in [4.78, 5) is 10.8. The smallest absolute Gasteiger partial charge is 0.330 e. The van der Waals surface area contributed by atoms with Gasteiger partial charge in [-0.05, 0) is 19.3 Å². The molecule has 0 radical (unpaired) electrons. The van der Waals surface area contributed by atoms with Gasteiger partial charge in [0.05, 0.1) is 0 Å². The third-order valence-corrected chi connectivity index (χ3v) is 2.50. The fourth-order valence-electron chi connectivity index (χ4n) is 1.88. The van der Waals surface area contributed by atoms with Crippen molar-refractivity contribution in [2.24, 2.45) is 5.92 Å². The van der Waals surface area contributed by atoms with Crippen molar-refractivity contribution < 1.29 is 9.53 Å². The SMILES string of the molecule is O=C1C=CC2CCCCC2O1. The highest BCUT2D eigenvalue weighted by Crippen LogP contribution is 2.30. The van der Waals surface area contributed by atoms with Crippen LogP contribution in [0.3, 0.4) is 0 Å². The standard InChI is InChI=1S/C9H12O2/c10-9-6-5-7-3-1-2-4-8(7)11-9/h5-8H,1-4H2. The molecular weight excluding hydrogens is 140 g/mol. The summed E-state index contributed by atoms with van der Waals surface area (Å²) >= 11 is 0. The molecule has 2 nitrogen and oxygen atoms in total. The summed E-state index contributed by atoms with van der Waals surface area (Å²) in [6.07, 6.45) is 8.50. The molecule has 1 aliphatic heterocycles. The van der Waals surface area contributed by atoms with E-state index in [-0.39, 0.29) is 12.1 Å². The molecule has 60 valence electrons. The van der Waals surface area contributed by atoms with Crippen LogP contribution in [-0.2, 0) is 9.53 Å². The van der Waals surface area contributed by atoms with E-state index in [4.69, 9.17) is 4.74 Å². The minimum atomic E-state index is -0.159. The van der Waals surface area contributed by atoms with Gasteiger partial charge in [-0.25, -0.2) is 4.79 Å². The van der Waals surface area contributed by atoms with Crippen LogP contribution < -0.4 is 0 Å². The molecule has 2 unspecified atom stereocenters. The molecule has 2 rings (SSSR count). The minimum absolute atomic E-state index is 0.159. The molecule has 1 saturated carbocycles. The maximum absolute atomic E-state index is 10.8. The molecule has 11 heavy (non-hydrogen) atoms. The molecule has 0 aromatic carbocycles. The van der Waals surface area contributed by atoms with Crippen LogP contribution in [0, 0.1) is 5.92 Å². The summed E-state index contributed by atoms with van der Waals surface area (Å²) in [6, 6.07) is 0. The van der Waals surface area contributed by atoms with Crippen LogP contribution >= 0.6 is 0 Å². The summed E-state index contributed by atoms with van der Waals surface area (Å²) in [5.41, 5.74) is 0. The summed E-state index contributed by atoms with van der Waals surface area (Å²) in [7, 11) is 0. The third-order valence-electron chi connectivity index (χ3n) is 2.50. The largest absolute Gasteiger partial charge is 0.459 e. The van der Waals surface area contributed by atoms with Gasteiger partial charge in [0.1, 0.15) is 6.10 Å². The second-order valence-corrected chi connectivity index (χ2v) is 3.28. The monoisotopic (exact) mass is 152 g/mol. The maximum Gasteiger partial charge on any atom is 0.330 e. The molecule has 0 aromatic heterocycles. The molecule has 0 saturated heterocycles. The zero-order valence-corrected chi connectivity index (χ0v) is 6.45. The van der Waals surface area contributed by atoms with Crippen molar-refractivity contribution >= 4 is 5.97 Å². The first-order valence-electron chi connectivity index (χ1n) is 4.25. The van der Waals surface area contributed by atoms with Crippen molar-refractivity contribution in [2.75, 3.05) is 0 Å². The van der Waals surface area contributed by atoms with Crippen LogP contribution in [-0.4, -0.2) is 12.1 Å². The average molecular weight is 152 g/mol. The lowest BCUT2D eigenvalue weighted by atomic mass is 9.85. The fraction of sp³-hybridized carbons (Fsp3) is 0.667. The predicted molar refractivity (Wildman–Crippen MR) is 41.0 cm³/mol. The van der Waals surface area contributed by atoms with Crippen molar-refractivity contribution in [2.45, 2.75) is 31.8 Å². The lowest BCUT2D eigenvalue weighted by Crippen LogP contribution is -2.31. The van der Waals surface area contributed by atoms with Crippen molar-refractivity contribution in [3.05, 3.63) is 12.2 Å². The van der Waals surface area contributed by atoms with E-state index in [1.54, 1.807) is 6.08 Å². The molecule has 1 fully saturated rings. The van der Waals surface area contributed by atoms with Gasteiger partial charge in [0.25, 0.3) is 0 Å². The highest BCUT2D eigenvalue weighted by Gasteiger charge is 2.28.